The average molecular weight is 306 g/mol. The number of fused-ring (bicyclic) bond motifs is 3. The largest absolute Gasteiger partial charge is 0.455 e. The van der Waals surface area contributed by atoms with Gasteiger partial charge < -0.3 is 9.72 Å². The highest BCUT2D eigenvalue weighted by Crippen LogP contribution is 2.35. The third-order valence-corrected chi connectivity index (χ3v) is 5.06. The first-order chi connectivity index (χ1) is 9.95. The lowest BCUT2D eigenvalue weighted by Gasteiger charge is -2.17. The summed E-state index contributed by atoms with van der Waals surface area (Å²) in [7, 11) is 0. The van der Waals surface area contributed by atoms with Crippen LogP contribution < -0.4 is 5.56 Å². The van der Waals surface area contributed by atoms with Gasteiger partial charge in [0, 0.05) is 11.8 Å². The van der Waals surface area contributed by atoms with Gasteiger partial charge in [-0.05, 0) is 37.7 Å². The van der Waals surface area contributed by atoms with E-state index in [4.69, 9.17) is 4.74 Å². The van der Waals surface area contributed by atoms with E-state index in [1.165, 1.54) is 11.8 Å². The van der Waals surface area contributed by atoms with E-state index in [9.17, 15) is 9.59 Å². The fraction of sp³-hybridized carbons (Fsp3) is 0.533. The van der Waals surface area contributed by atoms with Crippen LogP contribution in [0.15, 0.2) is 4.79 Å². The number of nitrogens with one attached hydrogen (secondary N) is 1. The summed E-state index contributed by atoms with van der Waals surface area (Å²) in [6.45, 7) is 5.29. The van der Waals surface area contributed by atoms with Crippen LogP contribution in [0.4, 0.5) is 0 Å². The number of thiophene rings is 1. The van der Waals surface area contributed by atoms with Gasteiger partial charge in [0.25, 0.3) is 5.56 Å². The van der Waals surface area contributed by atoms with Crippen molar-refractivity contribution in [3.8, 4) is 0 Å². The van der Waals surface area contributed by atoms with Crippen LogP contribution in [-0.4, -0.2) is 15.9 Å². The van der Waals surface area contributed by atoms with E-state index in [0.717, 1.165) is 35.0 Å². The van der Waals surface area contributed by atoms with E-state index >= 15 is 0 Å². The second kappa shape index (κ2) is 5.26. The van der Waals surface area contributed by atoms with E-state index < -0.39 is 6.10 Å². The lowest BCUT2D eigenvalue weighted by atomic mass is 9.89. The number of nitrogens with zero attached hydrogens (tertiary/aromatic N) is 1. The van der Waals surface area contributed by atoms with Gasteiger partial charge in [0.2, 0.25) is 0 Å². The summed E-state index contributed by atoms with van der Waals surface area (Å²) in [6.07, 6.45) is 2.53. The fourth-order valence-electron chi connectivity index (χ4n) is 2.86. The molecular weight excluding hydrogens is 288 g/mol. The Morgan fingerprint density at radius 1 is 1.52 bits per heavy atom. The summed E-state index contributed by atoms with van der Waals surface area (Å²) < 4.78 is 5.09. The van der Waals surface area contributed by atoms with Crippen molar-refractivity contribution < 1.29 is 9.53 Å². The molecule has 0 saturated heterocycles. The van der Waals surface area contributed by atoms with Gasteiger partial charge in [-0.2, -0.15) is 0 Å². The topological polar surface area (TPSA) is 72.0 Å². The van der Waals surface area contributed by atoms with Gasteiger partial charge in [-0.25, -0.2) is 4.98 Å². The second-order valence-electron chi connectivity index (χ2n) is 5.73. The van der Waals surface area contributed by atoms with Crippen LogP contribution in [0.25, 0.3) is 10.2 Å². The first-order valence-corrected chi connectivity index (χ1v) is 7.99. The fourth-order valence-corrected chi connectivity index (χ4v) is 4.25. The van der Waals surface area contributed by atoms with E-state index in [-0.39, 0.29) is 11.5 Å². The summed E-state index contributed by atoms with van der Waals surface area (Å²) in [6, 6.07) is 0. The maximum Gasteiger partial charge on any atom is 0.303 e. The van der Waals surface area contributed by atoms with Gasteiger partial charge >= 0.3 is 5.97 Å². The minimum atomic E-state index is -0.544. The molecule has 0 radical (unpaired) electrons. The average Bonchev–Trinajstić information content (AvgIpc) is 2.75. The number of ether oxygens (including phenoxy) is 1. The molecule has 0 fully saturated rings. The van der Waals surface area contributed by atoms with Crippen LogP contribution in [0.3, 0.4) is 0 Å². The van der Waals surface area contributed by atoms with E-state index in [0.29, 0.717) is 11.7 Å². The van der Waals surface area contributed by atoms with Crippen LogP contribution in [0.2, 0.25) is 0 Å². The van der Waals surface area contributed by atoms with Crippen LogP contribution in [0.5, 0.6) is 0 Å². The minimum Gasteiger partial charge on any atom is -0.455 e. The Kier molecular flexibility index (Phi) is 3.57. The van der Waals surface area contributed by atoms with Gasteiger partial charge in [0.1, 0.15) is 4.83 Å². The monoisotopic (exact) mass is 306 g/mol. The first kappa shape index (κ1) is 14.3. The molecule has 2 heterocycles. The zero-order chi connectivity index (χ0) is 15.1. The number of carbonyl (C=O) groups excluding carboxylic acids is 1. The lowest BCUT2D eigenvalue weighted by Crippen LogP contribution is -2.17. The maximum absolute atomic E-state index is 12.4. The molecule has 2 aromatic heterocycles. The number of hydrogen-bond acceptors (Lipinski definition) is 5. The quantitative estimate of drug-likeness (QED) is 0.866. The molecule has 0 saturated carbocycles. The number of aromatic nitrogens is 2. The molecular formula is C15H18N2O3S. The van der Waals surface area contributed by atoms with Gasteiger partial charge in [0.05, 0.1) is 5.39 Å². The van der Waals surface area contributed by atoms with Crippen molar-refractivity contribution in [3.05, 3.63) is 26.6 Å². The van der Waals surface area contributed by atoms with Crippen molar-refractivity contribution in [2.45, 2.75) is 46.1 Å². The SMILES string of the molecule is CC(=O)O[C@@H](C)c1nc2sc3c(c2c(=O)[nH]1)CC[C@@H](C)C3. The van der Waals surface area contributed by atoms with Crippen LogP contribution >= 0.6 is 11.3 Å². The van der Waals surface area contributed by atoms with Crippen molar-refractivity contribution in [1.29, 1.82) is 0 Å². The van der Waals surface area contributed by atoms with Gasteiger partial charge in [-0.3, -0.25) is 9.59 Å². The summed E-state index contributed by atoms with van der Waals surface area (Å²) in [5.41, 5.74) is 1.04. The molecule has 2 atom stereocenters. The number of rotatable bonds is 2. The molecule has 5 nitrogen and oxygen atoms in total. The van der Waals surface area contributed by atoms with Crippen LogP contribution in [0.1, 0.15) is 49.6 Å². The Balaban J connectivity index is 2.09. The highest BCUT2D eigenvalue weighted by Gasteiger charge is 2.24. The Morgan fingerprint density at radius 3 is 3.00 bits per heavy atom. The lowest BCUT2D eigenvalue weighted by molar-refractivity contribution is -0.146. The number of esters is 1. The van der Waals surface area contributed by atoms with Crippen molar-refractivity contribution >= 4 is 27.5 Å². The Bertz CT molecular complexity index is 762. The molecule has 2 aromatic rings. The molecule has 1 aliphatic carbocycles. The van der Waals surface area contributed by atoms with Gasteiger partial charge in [-0.1, -0.05) is 6.92 Å². The van der Waals surface area contributed by atoms with Crippen molar-refractivity contribution in [1.82, 2.24) is 9.97 Å². The summed E-state index contributed by atoms with van der Waals surface area (Å²) >= 11 is 1.60. The number of carbonyl (C=O) groups is 1. The Hall–Kier alpha value is -1.69. The van der Waals surface area contributed by atoms with E-state index in [1.54, 1.807) is 18.3 Å². The van der Waals surface area contributed by atoms with Gasteiger partial charge in [0.15, 0.2) is 11.9 Å². The third-order valence-electron chi connectivity index (χ3n) is 3.91. The summed E-state index contributed by atoms with van der Waals surface area (Å²) in [4.78, 5) is 32.7. The predicted octanol–water partition coefficient (Wildman–Crippen LogP) is 2.73. The molecule has 1 N–H and O–H groups in total. The van der Waals surface area contributed by atoms with Crippen molar-refractivity contribution in [3.63, 3.8) is 0 Å². The first-order valence-electron chi connectivity index (χ1n) is 7.17. The van der Waals surface area contributed by atoms with Crippen molar-refractivity contribution in [2.75, 3.05) is 0 Å². The summed E-state index contributed by atoms with van der Waals surface area (Å²) in [5, 5.41) is 0.723. The van der Waals surface area contributed by atoms with Crippen molar-refractivity contribution in [2.24, 2.45) is 5.92 Å². The molecule has 0 bridgehead atoms. The highest BCUT2D eigenvalue weighted by molar-refractivity contribution is 7.18. The number of H-pyrrole nitrogens is 1. The molecule has 21 heavy (non-hydrogen) atoms. The van der Waals surface area contributed by atoms with E-state index in [1.807, 2.05) is 0 Å². The summed E-state index contributed by atoms with van der Waals surface area (Å²) in [5.74, 6) is 0.683. The van der Waals surface area contributed by atoms with Gasteiger partial charge in [-0.15, -0.1) is 11.3 Å². The molecule has 1 aliphatic rings. The Morgan fingerprint density at radius 2 is 2.29 bits per heavy atom. The van der Waals surface area contributed by atoms with Crippen LogP contribution in [0, 0.1) is 5.92 Å². The zero-order valence-electron chi connectivity index (χ0n) is 12.4. The van der Waals surface area contributed by atoms with E-state index in [2.05, 4.69) is 16.9 Å². The molecule has 6 heteroatoms. The smallest absolute Gasteiger partial charge is 0.303 e. The van der Waals surface area contributed by atoms with Crippen LogP contribution in [-0.2, 0) is 22.4 Å². The maximum atomic E-state index is 12.4. The second-order valence-corrected chi connectivity index (χ2v) is 6.82. The molecule has 0 amide bonds. The highest BCUT2D eigenvalue weighted by atomic mass is 32.1. The zero-order valence-corrected chi connectivity index (χ0v) is 13.2. The Labute approximate surface area is 126 Å². The molecule has 0 unspecified atom stereocenters. The molecule has 0 aliphatic heterocycles. The molecule has 3 rings (SSSR count). The number of hydrogen-bond donors (Lipinski definition) is 1. The number of aromatic amines is 1. The molecule has 0 aromatic carbocycles. The molecule has 112 valence electrons. The normalized spacial score (nSPS) is 19.3. The molecule has 0 spiro atoms. The minimum absolute atomic E-state index is 0.124. The third kappa shape index (κ3) is 2.60. The standard InChI is InChI=1S/C15H18N2O3S/c1-7-4-5-10-11(6-7)21-15-12(10)14(19)16-13(17-15)8(2)20-9(3)18/h7-8H,4-6H2,1-3H3,(H,16,17,19)/t7-,8+/m1/s1. The number of aryl methyl sites for hydroxylation is 1. The predicted molar refractivity (Wildman–Crippen MR) is 81.6 cm³/mol.